The number of hydrogen-bond acceptors (Lipinski definition) is 2. The molecular weight excluding hydrogens is 230 g/mol. The van der Waals surface area contributed by atoms with E-state index in [0.29, 0.717) is 6.61 Å². The summed E-state index contributed by atoms with van der Waals surface area (Å²) in [4.78, 5) is 0. The largest absolute Gasteiger partial charge is 0.491 e. The molecule has 3 heteroatoms. The van der Waals surface area contributed by atoms with Crippen molar-refractivity contribution in [2.24, 2.45) is 0 Å². The second kappa shape index (κ2) is 4.51. The van der Waals surface area contributed by atoms with Gasteiger partial charge in [-0.1, -0.05) is 22.9 Å². The minimum absolute atomic E-state index is 0.708. The molecule has 2 nitrogen and oxygen atoms in total. The lowest BCUT2D eigenvalue weighted by atomic mass is 10.2. The molecule has 0 aliphatic heterocycles. The summed E-state index contributed by atoms with van der Waals surface area (Å²) in [6.45, 7) is 4.75. The van der Waals surface area contributed by atoms with E-state index < -0.39 is 0 Å². The summed E-state index contributed by atoms with van der Waals surface area (Å²) in [5.74, 6) is 0.772. The molecule has 0 aliphatic rings. The summed E-state index contributed by atoms with van der Waals surface area (Å²) in [5, 5.41) is 0. The molecule has 0 saturated carbocycles. The third kappa shape index (κ3) is 2.62. The molecule has 0 spiro atoms. The second-order valence-corrected chi connectivity index (χ2v) is 3.90. The van der Waals surface area contributed by atoms with Crippen LogP contribution in [0.4, 0.5) is 5.69 Å². The van der Waals surface area contributed by atoms with Gasteiger partial charge in [-0.3, -0.25) is 0 Å². The molecule has 0 saturated heterocycles. The van der Waals surface area contributed by atoms with Crippen molar-refractivity contribution in [1.29, 1.82) is 0 Å². The normalized spacial score (nSPS) is 10.1. The first-order valence-electron chi connectivity index (χ1n) is 4.33. The Kier molecular flexibility index (Phi) is 3.60. The van der Waals surface area contributed by atoms with E-state index in [4.69, 9.17) is 10.5 Å². The maximum absolute atomic E-state index is 5.85. The monoisotopic (exact) mass is 243 g/mol. The number of benzene rings is 1. The fourth-order valence-corrected chi connectivity index (χ4v) is 1.61. The van der Waals surface area contributed by atoms with E-state index in [0.717, 1.165) is 27.9 Å². The fraction of sp³-hybridized carbons (Fsp3) is 0.400. The smallest absolute Gasteiger partial charge is 0.143 e. The van der Waals surface area contributed by atoms with Gasteiger partial charge in [0.25, 0.3) is 0 Å². The molecule has 0 heterocycles. The van der Waals surface area contributed by atoms with Crippen LogP contribution in [0.3, 0.4) is 0 Å². The van der Waals surface area contributed by atoms with Gasteiger partial charge in [-0.2, -0.15) is 0 Å². The summed E-state index contributed by atoms with van der Waals surface area (Å²) in [7, 11) is 0. The molecular formula is C10H14BrNO. The summed E-state index contributed by atoms with van der Waals surface area (Å²) in [5.41, 5.74) is 7.62. The Balaban J connectivity index is 2.92. The van der Waals surface area contributed by atoms with Gasteiger partial charge in [0.2, 0.25) is 0 Å². The van der Waals surface area contributed by atoms with E-state index in [9.17, 15) is 0 Å². The Bertz CT molecular complexity index is 299. The molecule has 1 rings (SSSR count). The molecule has 1 aromatic carbocycles. The maximum atomic E-state index is 5.85. The molecule has 0 aromatic heterocycles. The predicted octanol–water partition coefficient (Wildman–Crippen LogP) is 3.13. The number of ether oxygens (including phenoxy) is 1. The number of nitrogen functional groups attached to an aromatic ring is 1. The van der Waals surface area contributed by atoms with Crippen LogP contribution in [0.2, 0.25) is 0 Å². The molecule has 0 aliphatic carbocycles. The van der Waals surface area contributed by atoms with Crippen LogP contribution in [-0.4, -0.2) is 6.61 Å². The zero-order valence-electron chi connectivity index (χ0n) is 7.93. The number of aryl methyl sites for hydroxylation is 1. The van der Waals surface area contributed by atoms with Crippen LogP contribution in [0.5, 0.6) is 5.75 Å². The van der Waals surface area contributed by atoms with E-state index in [1.165, 1.54) is 0 Å². The first kappa shape index (κ1) is 10.4. The van der Waals surface area contributed by atoms with Crippen molar-refractivity contribution in [1.82, 2.24) is 0 Å². The molecule has 0 radical (unpaired) electrons. The van der Waals surface area contributed by atoms with Gasteiger partial charge < -0.3 is 10.5 Å². The number of nitrogens with two attached hydrogens (primary N) is 1. The van der Waals surface area contributed by atoms with Crippen molar-refractivity contribution < 1.29 is 4.74 Å². The Hall–Kier alpha value is -0.700. The lowest BCUT2D eigenvalue weighted by molar-refractivity contribution is 0.319. The molecule has 72 valence electrons. The fourth-order valence-electron chi connectivity index (χ4n) is 1.06. The Morgan fingerprint density at radius 3 is 2.77 bits per heavy atom. The van der Waals surface area contributed by atoms with E-state index in [1.54, 1.807) is 0 Å². The minimum Gasteiger partial charge on any atom is -0.491 e. The molecule has 2 N–H and O–H groups in total. The van der Waals surface area contributed by atoms with E-state index in [-0.39, 0.29) is 0 Å². The van der Waals surface area contributed by atoms with Crippen molar-refractivity contribution in [2.45, 2.75) is 20.3 Å². The van der Waals surface area contributed by atoms with Crippen molar-refractivity contribution >= 4 is 21.6 Å². The van der Waals surface area contributed by atoms with Crippen LogP contribution in [0.1, 0.15) is 18.9 Å². The Morgan fingerprint density at radius 1 is 1.46 bits per heavy atom. The Morgan fingerprint density at radius 2 is 2.15 bits per heavy atom. The SMILES string of the molecule is CCCOc1cc(Br)cc(C)c1N. The van der Waals surface area contributed by atoms with Crippen molar-refractivity contribution in [3.05, 3.63) is 22.2 Å². The van der Waals surface area contributed by atoms with Gasteiger partial charge >= 0.3 is 0 Å². The summed E-state index contributed by atoms with van der Waals surface area (Å²) in [6, 6.07) is 3.88. The van der Waals surface area contributed by atoms with Gasteiger partial charge in [0.05, 0.1) is 12.3 Å². The van der Waals surface area contributed by atoms with Crippen LogP contribution in [0, 0.1) is 6.92 Å². The van der Waals surface area contributed by atoms with Crippen LogP contribution in [-0.2, 0) is 0 Å². The Labute approximate surface area is 87.2 Å². The van der Waals surface area contributed by atoms with Gasteiger partial charge in [-0.15, -0.1) is 0 Å². The highest BCUT2D eigenvalue weighted by Gasteiger charge is 2.04. The minimum atomic E-state index is 0.708. The standard InChI is InChI=1S/C10H14BrNO/c1-3-4-13-9-6-8(11)5-7(2)10(9)12/h5-6H,3-4,12H2,1-2H3. The predicted molar refractivity (Wildman–Crippen MR) is 59.1 cm³/mol. The van der Waals surface area contributed by atoms with Gasteiger partial charge in [0.1, 0.15) is 5.75 Å². The molecule has 0 amide bonds. The van der Waals surface area contributed by atoms with Crippen LogP contribution < -0.4 is 10.5 Å². The highest BCUT2D eigenvalue weighted by atomic mass is 79.9. The van der Waals surface area contributed by atoms with E-state index in [1.807, 2.05) is 19.1 Å². The average molecular weight is 244 g/mol. The number of halogens is 1. The molecule has 13 heavy (non-hydrogen) atoms. The average Bonchev–Trinajstić information content (AvgIpc) is 2.09. The van der Waals surface area contributed by atoms with Gasteiger partial charge in [-0.05, 0) is 31.0 Å². The number of anilines is 1. The quantitative estimate of drug-likeness (QED) is 0.829. The van der Waals surface area contributed by atoms with Crippen molar-refractivity contribution in [3.63, 3.8) is 0 Å². The van der Waals surface area contributed by atoms with Crippen LogP contribution in [0.15, 0.2) is 16.6 Å². The molecule has 0 atom stereocenters. The van der Waals surface area contributed by atoms with Crippen LogP contribution in [0.25, 0.3) is 0 Å². The van der Waals surface area contributed by atoms with E-state index >= 15 is 0 Å². The van der Waals surface area contributed by atoms with Gasteiger partial charge in [0.15, 0.2) is 0 Å². The maximum Gasteiger partial charge on any atom is 0.143 e. The van der Waals surface area contributed by atoms with E-state index in [2.05, 4.69) is 22.9 Å². The molecule has 0 fully saturated rings. The second-order valence-electron chi connectivity index (χ2n) is 2.98. The van der Waals surface area contributed by atoms with Gasteiger partial charge in [0, 0.05) is 4.47 Å². The summed E-state index contributed by atoms with van der Waals surface area (Å²) in [6.07, 6.45) is 0.991. The zero-order valence-corrected chi connectivity index (χ0v) is 9.52. The van der Waals surface area contributed by atoms with Crippen molar-refractivity contribution in [2.75, 3.05) is 12.3 Å². The van der Waals surface area contributed by atoms with Gasteiger partial charge in [-0.25, -0.2) is 0 Å². The van der Waals surface area contributed by atoms with Crippen LogP contribution >= 0.6 is 15.9 Å². The third-order valence-electron chi connectivity index (χ3n) is 1.78. The highest BCUT2D eigenvalue weighted by molar-refractivity contribution is 9.10. The first-order valence-corrected chi connectivity index (χ1v) is 5.13. The lowest BCUT2D eigenvalue weighted by Crippen LogP contribution is -2.00. The topological polar surface area (TPSA) is 35.2 Å². The summed E-state index contributed by atoms with van der Waals surface area (Å²) >= 11 is 3.40. The zero-order chi connectivity index (χ0) is 9.84. The third-order valence-corrected chi connectivity index (χ3v) is 2.23. The molecule has 0 bridgehead atoms. The number of hydrogen-bond donors (Lipinski definition) is 1. The van der Waals surface area contributed by atoms with Crippen molar-refractivity contribution in [3.8, 4) is 5.75 Å². The lowest BCUT2D eigenvalue weighted by Gasteiger charge is -2.10. The highest BCUT2D eigenvalue weighted by Crippen LogP contribution is 2.29. The number of rotatable bonds is 3. The molecule has 1 aromatic rings. The first-order chi connectivity index (χ1) is 6.15. The summed E-state index contributed by atoms with van der Waals surface area (Å²) < 4.78 is 6.50. The molecule has 0 unspecified atom stereocenters.